The molecule has 1 aromatic rings. The van der Waals surface area contributed by atoms with E-state index in [9.17, 15) is 13.6 Å². The summed E-state index contributed by atoms with van der Waals surface area (Å²) >= 11 is 5.71. The molecule has 1 aromatic carbocycles. The fourth-order valence-corrected chi connectivity index (χ4v) is 1.93. The van der Waals surface area contributed by atoms with Crippen LogP contribution in [0, 0.1) is 11.6 Å². The molecule has 1 aliphatic carbocycles. The molecule has 1 aliphatic rings. The molecule has 0 aliphatic heterocycles. The van der Waals surface area contributed by atoms with Gasteiger partial charge in [0.1, 0.15) is 5.82 Å². The Kier molecular flexibility index (Phi) is 3.71. The van der Waals surface area contributed by atoms with Crippen molar-refractivity contribution in [2.75, 3.05) is 18.9 Å². The summed E-state index contributed by atoms with van der Waals surface area (Å²) < 4.78 is 26.2. The van der Waals surface area contributed by atoms with Crippen molar-refractivity contribution in [1.82, 2.24) is 4.90 Å². The second-order valence-electron chi connectivity index (χ2n) is 4.33. The Balaban J connectivity index is 1.99. The molecule has 0 spiro atoms. The quantitative estimate of drug-likeness (QED) is 0.915. The first kappa shape index (κ1) is 13.1. The Morgan fingerprint density at radius 2 is 2.17 bits per heavy atom. The summed E-state index contributed by atoms with van der Waals surface area (Å²) in [4.78, 5) is 13.3. The van der Waals surface area contributed by atoms with Crippen LogP contribution in [0.4, 0.5) is 14.5 Å². The van der Waals surface area contributed by atoms with E-state index in [0.29, 0.717) is 6.04 Å². The highest BCUT2D eigenvalue weighted by atomic mass is 35.5. The van der Waals surface area contributed by atoms with E-state index in [1.165, 1.54) is 0 Å². The van der Waals surface area contributed by atoms with Crippen molar-refractivity contribution in [3.8, 4) is 0 Å². The first-order valence-corrected chi connectivity index (χ1v) is 6.01. The zero-order valence-electron chi connectivity index (χ0n) is 9.84. The third-order valence-electron chi connectivity index (χ3n) is 2.91. The van der Waals surface area contributed by atoms with Crippen molar-refractivity contribution in [2.24, 2.45) is 0 Å². The Morgan fingerprint density at radius 1 is 1.50 bits per heavy atom. The van der Waals surface area contributed by atoms with Crippen LogP contribution in [-0.2, 0) is 4.79 Å². The summed E-state index contributed by atoms with van der Waals surface area (Å²) in [6.07, 6.45) is 2.02. The smallest absolute Gasteiger partial charge is 0.241 e. The zero-order chi connectivity index (χ0) is 13.3. The van der Waals surface area contributed by atoms with Gasteiger partial charge in [0.2, 0.25) is 5.91 Å². The van der Waals surface area contributed by atoms with E-state index >= 15 is 0 Å². The second-order valence-corrected chi connectivity index (χ2v) is 4.74. The van der Waals surface area contributed by atoms with Crippen LogP contribution in [0.2, 0.25) is 5.02 Å². The molecule has 1 amide bonds. The van der Waals surface area contributed by atoms with E-state index in [2.05, 4.69) is 5.32 Å². The number of hydrogen-bond donors (Lipinski definition) is 1. The van der Waals surface area contributed by atoms with E-state index in [1.54, 1.807) is 11.9 Å². The van der Waals surface area contributed by atoms with Crippen molar-refractivity contribution in [3.63, 3.8) is 0 Å². The Hall–Kier alpha value is -1.36. The summed E-state index contributed by atoms with van der Waals surface area (Å²) in [7, 11) is 1.71. The number of likely N-dealkylation sites (N-methyl/N-ethyl adjacent to an activating group) is 1. The van der Waals surface area contributed by atoms with E-state index < -0.39 is 11.6 Å². The predicted molar refractivity (Wildman–Crippen MR) is 65.6 cm³/mol. The Morgan fingerprint density at radius 3 is 2.72 bits per heavy atom. The fourth-order valence-electron chi connectivity index (χ4n) is 1.67. The molecule has 1 saturated carbocycles. The molecular weight excluding hydrogens is 262 g/mol. The lowest BCUT2D eigenvalue weighted by Crippen LogP contribution is -2.34. The van der Waals surface area contributed by atoms with E-state index in [-0.39, 0.29) is 23.2 Å². The minimum Gasteiger partial charge on any atom is -0.373 e. The summed E-state index contributed by atoms with van der Waals surface area (Å²) in [5.41, 5.74) is -0.0457. The number of halogens is 3. The highest BCUT2D eigenvalue weighted by molar-refractivity contribution is 6.33. The number of carbonyl (C=O) groups is 1. The third-order valence-corrected chi connectivity index (χ3v) is 3.21. The number of nitrogens with one attached hydrogen (secondary N) is 1. The zero-order valence-corrected chi connectivity index (χ0v) is 10.6. The predicted octanol–water partition coefficient (Wildman–Crippen LogP) is 2.65. The van der Waals surface area contributed by atoms with Crippen LogP contribution in [0.15, 0.2) is 12.1 Å². The largest absolute Gasteiger partial charge is 0.373 e. The molecule has 18 heavy (non-hydrogen) atoms. The molecule has 0 bridgehead atoms. The number of amides is 1. The molecule has 0 radical (unpaired) electrons. The molecule has 0 atom stereocenters. The maximum absolute atomic E-state index is 13.4. The highest BCUT2D eigenvalue weighted by Gasteiger charge is 2.29. The normalized spacial score (nSPS) is 14.4. The SMILES string of the molecule is CN(C(=O)CNc1c(F)cc(F)cc1Cl)C1CC1. The van der Waals surface area contributed by atoms with Gasteiger partial charge in [0.05, 0.1) is 17.3 Å². The highest BCUT2D eigenvalue weighted by Crippen LogP contribution is 2.27. The van der Waals surface area contributed by atoms with Crippen LogP contribution in [0.3, 0.4) is 0 Å². The lowest BCUT2D eigenvalue weighted by Gasteiger charge is -2.17. The minimum atomic E-state index is -0.804. The van der Waals surface area contributed by atoms with Crippen molar-refractivity contribution < 1.29 is 13.6 Å². The van der Waals surface area contributed by atoms with Gasteiger partial charge in [0.15, 0.2) is 5.82 Å². The molecule has 2 rings (SSSR count). The first-order chi connectivity index (χ1) is 8.49. The van der Waals surface area contributed by atoms with Crippen LogP contribution in [0.25, 0.3) is 0 Å². The first-order valence-electron chi connectivity index (χ1n) is 5.63. The van der Waals surface area contributed by atoms with Crippen molar-refractivity contribution in [3.05, 3.63) is 28.8 Å². The van der Waals surface area contributed by atoms with Gasteiger partial charge >= 0.3 is 0 Å². The molecule has 1 fully saturated rings. The monoisotopic (exact) mass is 274 g/mol. The molecule has 6 heteroatoms. The molecule has 0 heterocycles. The fraction of sp³-hybridized carbons (Fsp3) is 0.417. The lowest BCUT2D eigenvalue weighted by atomic mass is 10.3. The maximum atomic E-state index is 13.4. The number of carbonyl (C=O) groups excluding carboxylic acids is 1. The molecule has 0 saturated heterocycles. The number of nitrogens with zero attached hydrogens (tertiary/aromatic N) is 1. The van der Waals surface area contributed by atoms with Gasteiger partial charge in [-0.1, -0.05) is 11.6 Å². The van der Waals surface area contributed by atoms with Crippen molar-refractivity contribution in [2.45, 2.75) is 18.9 Å². The average Bonchev–Trinajstić information content (AvgIpc) is 3.09. The average molecular weight is 275 g/mol. The van der Waals surface area contributed by atoms with Crippen molar-refractivity contribution in [1.29, 1.82) is 0 Å². The standard InChI is InChI=1S/C12H13ClF2N2O/c1-17(8-2-3-8)11(18)6-16-12-9(13)4-7(14)5-10(12)15/h4-5,8,16H,2-3,6H2,1H3. The third kappa shape index (κ3) is 2.90. The van der Waals surface area contributed by atoms with Gasteiger partial charge in [-0.05, 0) is 18.9 Å². The molecule has 1 N–H and O–H groups in total. The Labute approximate surface area is 109 Å². The van der Waals surface area contributed by atoms with Gasteiger partial charge in [-0.3, -0.25) is 4.79 Å². The van der Waals surface area contributed by atoms with Crippen LogP contribution < -0.4 is 5.32 Å². The number of anilines is 1. The van der Waals surface area contributed by atoms with Crippen LogP contribution in [0.5, 0.6) is 0 Å². The molecule has 0 aromatic heterocycles. The lowest BCUT2D eigenvalue weighted by molar-refractivity contribution is -0.128. The van der Waals surface area contributed by atoms with E-state index in [1.807, 2.05) is 0 Å². The van der Waals surface area contributed by atoms with Gasteiger partial charge < -0.3 is 10.2 Å². The summed E-state index contributed by atoms with van der Waals surface area (Å²) in [5.74, 6) is -1.69. The summed E-state index contributed by atoms with van der Waals surface area (Å²) in [5, 5.41) is 2.53. The number of rotatable bonds is 4. The molecule has 98 valence electrons. The number of hydrogen-bond acceptors (Lipinski definition) is 2. The van der Waals surface area contributed by atoms with Gasteiger partial charge in [-0.15, -0.1) is 0 Å². The number of benzene rings is 1. The maximum Gasteiger partial charge on any atom is 0.241 e. The van der Waals surface area contributed by atoms with Gasteiger partial charge in [0.25, 0.3) is 0 Å². The van der Waals surface area contributed by atoms with E-state index in [4.69, 9.17) is 11.6 Å². The molecule has 0 unspecified atom stereocenters. The molecular formula is C12H13ClF2N2O. The second kappa shape index (κ2) is 5.10. The topological polar surface area (TPSA) is 32.3 Å². The van der Waals surface area contributed by atoms with Gasteiger partial charge in [-0.25, -0.2) is 8.78 Å². The van der Waals surface area contributed by atoms with Crippen LogP contribution in [-0.4, -0.2) is 30.4 Å². The minimum absolute atomic E-state index is 0.0457. The van der Waals surface area contributed by atoms with Gasteiger partial charge in [0, 0.05) is 19.2 Å². The summed E-state index contributed by atoms with van der Waals surface area (Å²) in [6, 6.07) is 2.03. The van der Waals surface area contributed by atoms with Gasteiger partial charge in [-0.2, -0.15) is 0 Å². The molecule has 3 nitrogen and oxygen atoms in total. The summed E-state index contributed by atoms with van der Waals surface area (Å²) in [6.45, 7) is -0.0602. The van der Waals surface area contributed by atoms with Crippen LogP contribution >= 0.6 is 11.6 Å². The Bertz CT molecular complexity index is 454. The van der Waals surface area contributed by atoms with Crippen molar-refractivity contribution >= 4 is 23.2 Å². The van der Waals surface area contributed by atoms with Crippen LogP contribution in [0.1, 0.15) is 12.8 Å². The van der Waals surface area contributed by atoms with E-state index in [0.717, 1.165) is 25.0 Å².